The van der Waals surface area contributed by atoms with Crippen LogP contribution in [0.3, 0.4) is 0 Å². The summed E-state index contributed by atoms with van der Waals surface area (Å²) < 4.78 is 10.4. The molecule has 0 aliphatic heterocycles. The largest absolute Gasteiger partial charge is 0.497 e. The van der Waals surface area contributed by atoms with Gasteiger partial charge in [0.15, 0.2) is 0 Å². The first-order valence-electron chi connectivity index (χ1n) is 6.88. The van der Waals surface area contributed by atoms with Crippen LogP contribution in [-0.2, 0) is 6.54 Å². The summed E-state index contributed by atoms with van der Waals surface area (Å²) >= 11 is 0. The molecule has 4 nitrogen and oxygen atoms in total. The molecule has 0 amide bonds. The number of hydrogen-bond acceptors (Lipinski definition) is 4. The van der Waals surface area contributed by atoms with E-state index >= 15 is 0 Å². The molecule has 0 saturated carbocycles. The summed E-state index contributed by atoms with van der Waals surface area (Å²) in [4.78, 5) is 0. The summed E-state index contributed by atoms with van der Waals surface area (Å²) in [6.07, 6.45) is 0. The molecule has 2 rings (SSSR count). The Morgan fingerprint density at radius 1 is 1.00 bits per heavy atom. The predicted octanol–water partition coefficient (Wildman–Crippen LogP) is 2.53. The fraction of sp³-hybridized carbons (Fsp3) is 0.294. The van der Waals surface area contributed by atoms with Gasteiger partial charge in [-0.15, -0.1) is 0 Å². The number of aliphatic hydroxyl groups is 1. The van der Waals surface area contributed by atoms with Gasteiger partial charge < -0.3 is 19.9 Å². The number of benzene rings is 2. The second kappa shape index (κ2) is 7.67. The third-order valence-electron chi connectivity index (χ3n) is 3.39. The molecule has 1 atom stereocenters. The van der Waals surface area contributed by atoms with Crippen LogP contribution in [0.1, 0.15) is 17.2 Å². The highest BCUT2D eigenvalue weighted by Gasteiger charge is 2.10. The van der Waals surface area contributed by atoms with Crippen LogP contribution in [0.15, 0.2) is 48.5 Å². The van der Waals surface area contributed by atoms with Gasteiger partial charge in [-0.05, 0) is 35.4 Å². The van der Waals surface area contributed by atoms with E-state index in [2.05, 4.69) is 5.32 Å². The van der Waals surface area contributed by atoms with Gasteiger partial charge in [-0.2, -0.15) is 0 Å². The van der Waals surface area contributed by atoms with Gasteiger partial charge in [0.2, 0.25) is 0 Å². The molecule has 0 spiro atoms. The van der Waals surface area contributed by atoms with Crippen LogP contribution in [0, 0.1) is 0 Å². The minimum atomic E-state index is -0.123. The molecule has 2 N–H and O–H groups in total. The summed E-state index contributed by atoms with van der Waals surface area (Å²) in [6.45, 7) is 0.704. The van der Waals surface area contributed by atoms with Crippen LogP contribution >= 0.6 is 0 Å². The Balaban J connectivity index is 2.01. The maximum absolute atomic E-state index is 9.58. The van der Waals surface area contributed by atoms with Crippen molar-refractivity contribution in [1.82, 2.24) is 5.32 Å². The lowest BCUT2D eigenvalue weighted by Crippen LogP contribution is -2.24. The van der Waals surface area contributed by atoms with E-state index in [-0.39, 0.29) is 12.6 Å². The van der Waals surface area contributed by atoms with E-state index in [4.69, 9.17) is 9.47 Å². The zero-order valence-electron chi connectivity index (χ0n) is 12.4. The molecule has 21 heavy (non-hydrogen) atoms. The lowest BCUT2D eigenvalue weighted by Gasteiger charge is -2.17. The number of methoxy groups -OCH3 is 2. The van der Waals surface area contributed by atoms with Crippen LogP contribution in [0.2, 0.25) is 0 Å². The zero-order valence-corrected chi connectivity index (χ0v) is 12.4. The minimum Gasteiger partial charge on any atom is -0.497 e. The number of hydrogen-bond donors (Lipinski definition) is 2. The van der Waals surface area contributed by atoms with Crippen molar-refractivity contribution in [3.05, 3.63) is 59.7 Å². The standard InChI is InChI=1S/C17H21NO3/c1-20-15-8-6-13(7-9-15)11-18-17(12-19)14-4-3-5-16(10-14)21-2/h3-10,17-19H,11-12H2,1-2H3. The average Bonchev–Trinajstić information content (AvgIpc) is 2.56. The summed E-state index contributed by atoms with van der Waals surface area (Å²) in [5.74, 6) is 1.63. The van der Waals surface area contributed by atoms with Gasteiger partial charge in [0.05, 0.1) is 26.9 Å². The number of aliphatic hydroxyl groups excluding tert-OH is 1. The SMILES string of the molecule is COc1ccc(CNC(CO)c2cccc(OC)c2)cc1. The maximum Gasteiger partial charge on any atom is 0.119 e. The van der Waals surface area contributed by atoms with Crippen molar-refractivity contribution in [2.45, 2.75) is 12.6 Å². The van der Waals surface area contributed by atoms with Crippen LogP contribution in [-0.4, -0.2) is 25.9 Å². The second-order valence-electron chi connectivity index (χ2n) is 4.74. The van der Waals surface area contributed by atoms with Gasteiger partial charge in [0.1, 0.15) is 11.5 Å². The minimum absolute atomic E-state index is 0.0311. The lowest BCUT2D eigenvalue weighted by molar-refractivity contribution is 0.243. The monoisotopic (exact) mass is 287 g/mol. The van der Waals surface area contributed by atoms with Crippen molar-refractivity contribution >= 4 is 0 Å². The Kier molecular flexibility index (Phi) is 5.60. The predicted molar refractivity (Wildman–Crippen MR) is 82.7 cm³/mol. The number of ether oxygens (including phenoxy) is 2. The van der Waals surface area contributed by atoms with Crippen molar-refractivity contribution in [3.8, 4) is 11.5 Å². The summed E-state index contributed by atoms with van der Waals surface area (Å²) in [5.41, 5.74) is 2.14. The van der Waals surface area contributed by atoms with E-state index in [1.165, 1.54) is 0 Å². The Labute approximate surface area is 125 Å². The Morgan fingerprint density at radius 3 is 2.33 bits per heavy atom. The van der Waals surface area contributed by atoms with Gasteiger partial charge in [-0.1, -0.05) is 24.3 Å². The van der Waals surface area contributed by atoms with Gasteiger partial charge in [-0.3, -0.25) is 0 Å². The quantitative estimate of drug-likeness (QED) is 0.821. The van der Waals surface area contributed by atoms with Crippen molar-refractivity contribution in [2.75, 3.05) is 20.8 Å². The fourth-order valence-electron chi connectivity index (χ4n) is 2.13. The third kappa shape index (κ3) is 4.21. The average molecular weight is 287 g/mol. The highest BCUT2D eigenvalue weighted by molar-refractivity contribution is 5.31. The molecule has 0 aliphatic carbocycles. The Morgan fingerprint density at radius 2 is 1.71 bits per heavy atom. The molecule has 0 fully saturated rings. The third-order valence-corrected chi connectivity index (χ3v) is 3.39. The van der Waals surface area contributed by atoms with E-state index in [1.54, 1.807) is 14.2 Å². The topological polar surface area (TPSA) is 50.7 Å². The van der Waals surface area contributed by atoms with Crippen molar-refractivity contribution in [1.29, 1.82) is 0 Å². The molecule has 0 aliphatic rings. The summed E-state index contributed by atoms with van der Waals surface area (Å²) in [6, 6.07) is 15.5. The Bertz CT molecular complexity index is 554. The number of rotatable bonds is 7. The van der Waals surface area contributed by atoms with Crippen LogP contribution in [0.4, 0.5) is 0 Å². The van der Waals surface area contributed by atoms with Crippen LogP contribution in [0.25, 0.3) is 0 Å². The normalized spacial score (nSPS) is 12.0. The lowest BCUT2D eigenvalue weighted by atomic mass is 10.1. The first-order chi connectivity index (χ1) is 10.3. The van der Waals surface area contributed by atoms with Gasteiger partial charge in [0.25, 0.3) is 0 Å². The molecule has 0 heterocycles. The van der Waals surface area contributed by atoms with Crippen molar-refractivity contribution in [2.24, 2.45) is 0 Å². The maximum atomic E-state index is 9.58. The smallest absolute Gasteiger partial charge is 0.119 e. The molecular formula is C17H21NO3. The summed E-state index contributed by atoms with van der Waals surface area (Å²) in [5, 5.41) is 12.9. The molecule has 4 heteroatoms. The van der Waals surface area contributed by atoms with E-state index in [1.807, 2.05) is 48.5 Å². The zero-order chi connectivity index (χ0) is 15.1. The first kappa shape index (κ1) is 15.4. The van der Waals surface area contributed by atoms with E-state index in [0.717, 1.165) is 22.6 Å². The van der Waals surface area contributed by atoms with Crippen LogP contribution in [0.5, 0.6) is 11.5 Å². The van der Waals surface area contributed by atoms with Crippen molar-refractivity contribution in [3.63, 3.8) is 0 Å². The highest BCUT2D eigenvalue weighted by Crippen LogP contribution is 2.19. The molecule has 0 radical (unpaired) electrons. The molecule has 0 aromatic heterocycles. The summed E-state index contributed by atoms with van der Waals surface area (Å²) in [7, 11) is 3.29. The highest BCUT2D eigenvalue weighted by atomic mass is 16.5. The molecule has 2 aromatic carbocycles. The van der Waals surface area contributed by atoms with Gasteiger partial charge in [0, 0.05) is 6.54 Å². The molecular weight excluding hydrogens is 266 g/mol. The second-order valence-corrected chi connectivity index (χ2v) is 4.74. The van der Waals surface area contributed by atoms with Gasteiger partial charge >= 0.3 is 0 Å². The Hall–Kier alpha value is -2.04. The molecule has 0 saturated heterocycles. The molecule has 0 bridgehead atoms. The van der Waals surface area contributed by atoms with Crippen molar-refractivity contribution < 1.29 is 14.6 Å². The van der Waals surface area contributed by atoms with E-state index in [0.29, 0.717) is 6.54 Å². The van der Waals surface area contributed by atoms with E-state index < -0.39 is 0 Å². The van der Waals surface area contributed by atoms with E-state index in [9.17, 15) is 5.11 Å². The molecule has 2 aromatic rings. The number of nitrogens with one attached hydrogen (secondary N) is 1. The first-order valence-corrected chi connectivity index (χ1v) is 6.88. The molecule has 112 valence electrons. The fourth-order valence-corrected chi connectivity index (χ4v) is 2.13. The van der Waals surface area contributed by atoms with Gasteiger partial charge in [-0.25, -0.2) is 0 Å². The molecule has 1 unspecified atom stereocenters. The van der Waals surface area contributed by atoms with Crippen LogP contribution < -0.4 is 14.8 Å².